The molecule has 1 aromatic rings. The van der Waals surface area contributed by atoms with E-state index in [1.165, 1.54) is 0 Å². The second-order valence-corrected chi connectivity index (χ2v) is 9.00. The fourth-order valence-electron chi connectivity index (χ4n) is 3.76. The molecule has 2 saturated heterocycles. The highest BCUT2D eigenvalue weighted by atomic mass is 32.2. The number of nitriles is 1. The summed E-state index contributed by atoms with van der Waals surface area (Å²) in [6.45, 7) is 6.21. The minimum Gasteiger partial charge on any atom is -0.327 e. The normalized spacial score (nSPS) is 18.6. The first-order valence-corrected chi connectivity index (χ1v) is 10.4. The molecule has 0 aromatic heterocycles. The molecular formula is C20H26N4O2S. The number of amides is 3. The minimum atomic E-state index is -0.150. The van der Waals surface area contributed by atoms with E-state index in [1.54, 1.807) is 29.2 Å². The smallest absolute Gasteiger partial charge is 0.321 e. The summed E-state index contributed by atoms with van der Waals surface area (Å²) in [5.41, 5.74) is 1.15. The highest BCUT2D eigenvalue weighted by molar-refractivity contribution is 8.00. The number of carbonyl (C=O) groups excluding carboxylic acids is 2. The first kappa shape index (κ1) is 19.6. The van der Waals surface area contributed by atoms with E-state index in [1.807, 2.05) is 11.8 Å². The number of hydrogen-bond acceptors (Lipinski definition) is 4. The third-order valence-electron chi connectivity index (χ3n) is 5.14. The summed E-state index contributed by atoms with van der Waals surface area (Å²) in [6.07, 6.45) is 2.18. The third-order valence-corrected chi connectivity index (χ3v) is 6.69. The molecule has 6 nitrogen and oxygen atoms in total. The second kappa shape index (κ2) is 8.22. The Morgan fingerprint density at radius 3 is 2.70 bits per heavy atom. The van der Waals surface area contributed by atoms with Crippen LogP contribution in [0.2, 0.25) is 0 Å². The fourth-order valence-corrected chi connectivity index (χ4v) is 5.24. The van der Waals surface area contributed by atoms with Crippen molar-refractivity contribution < 1.29 is 9.59 Å². The largest absolute Gasteiger partial charge is 0.327 e. The van der Waals surface area contributed by atoms with Crippen LogP contribution in [-0.2, 0) is 4.79 Å². The Labute approximate surface area is 164 Å². The van der Waals surface area contributed by atoms with Crippen molar-refractivity contribution in [1.29, 1.82) is 5.26 Å². The lowest BCUT2D eigenvalue weighted by molar-refractivity contribution is -0.135. The van der Waals surface area contributed by atoms with E-state index in [2.05, 4.69) is 30.1 Å². The van der Waals surface area contributed by atoms with Gasteiger partial charge in [0.1, 0.15) is 0 Å². The molecule has 3 amide bonds. The molecule has 7 heteroatoms. The topological polar surface area (TPSA) is 76.4 Å². The van der Waals surface area contributed by atoms with Crippen molar-refractivity contribution in [3.05, 3.63) is 29.8 Å². The number of benzene rings is 1. The molecule has 0 unspecified atom stereocenters. The van der Waals surface area contributed by atoms with E-state index < -0.39 is 0 Å². The zero-order valence-corrected chi connectivity index (χ0v) is 16.7. The van der Waals surface area contributed by atoms with E-state index in [0.717, 1.165) is 25.1 Å². The predicted octanol–water partition coefficient (Wildman–Crippen LogP) is 3.50. The molecule has 2 fully saturated rings. The maximum absolute atomic E-state index is 12.6. The van der Waals surface area contributed by atoms with Crippen molar-refractivity contribution >= 4 is 29.4 Å². The molecule has 0 saturated carbocycles. The molecule has 2 aliphatic rings. The van der Waals surface area contributed by atoms with Gasteiger partial charge in [0.25, 0.3) is 0 Å². The van der Waals surface area contributed by atoms with E-state index in [4.69, 9.17) is 5.26 Å². The Morgan fingerprint density at radius 2 is 2.04 bits per heavy atom. The van der Waals surface area contributed by atoms with Gasteiger partial charge in [-0.05, 0) is 37.0 Å². The van der Waals surface area contributed by atoms with Crippen molar-refractivity contribution in [2.24, 2.45) is 5.92 Å². The molecule has 0 bridgehead atoms. The second-order valence-electron chi connectivity index (χ2n) is 7.55. The number of likely N-dealkylation sites (tertiary alicyclic amines) is 1. The third kappa shape index (κ3) is 4.38. The fraction of sp³-hybridized carbons (Fsp3) is 0.550. The van der Waals surface area contributed by atoms with E-state index >= 15 is 0 Å². The first-order valence-electron chi connectivity index (χ1n) is 9.44. The average Bonchev–Trinajstić information content (AvgIpc) is 3.05. The van der Waals surface area contributed by atoms with Crippen LogP contribution in [0.5, 0.6) is 0 Å². The van der Waals surface area contributed by atoms with Gasteiger partial charge in [-0.1, -0.05) is 19.9 Å². The Bertz CT molecular complexity index is 751. The van der Waals surface area contributed by atoms with E-state index in [9.17, 15) is 9.59 Å². The SMILES string of the molecule is CC(C)CC(=O)N1CCSC12CCN(C(=O)Nc1cccc(C#N)c1)CC2. The monoisotopic (exact) mass is 386 g/mol. The number of nitrogens with zero attached hydrogens (tertiary/aromatic N) is 3. The summed E-state index contributed by atoms with van der Waals surface area (Å²) in [6, 6.07) is 8.84. The summed E-state index contributed by atoms with van der Waals surface area (Å²) < 4.78 is 0. The molecule has 1 spiro atoms. The first-order chi connectivity index (χ1) is 12.9. The van der Waals surface area contributed by atoms with Crippen molar-refractivity contribution in [3.63, 3.8) is 0 Å². The van der Waals surface area contributed by atoms with E-state index in [-0.39, 0.29) is 16.8 Å². The number of anilines is 1. The molecule has 144 valence electrons. The lowest BCUT2D eigenvalue weighted by Crippen LogP contribution is -2.54. The van der Waals surface area contributed by atoms with Crippen molar-refractivity contribution in [1.82, 2.24) is 9.80 Å². The molecule has 27 heavy (non-hydrogen) atoms. The van der Waals surface area contributed by atoms with Crippen molar-refractivity contribution in [2.75, 3.05) is 30.7 Å². The van der Waals surface area contributed by atoms with Crippen LogP contribution in [0.3, 0.4) is 0 Å². The summed E-state index contributed by atoms with van der Waals surface area (Å²) >= 11 is 1.86. The number of urea groups is 1. The number of hydrogen-bond donors (Lipinski definition) is 1. The molecule has 1 aromatic carbocycles. The summed E-state index contributed by atoms with van der Waals surface area (Å²) in [5.74, 6) is 1.56. The molecule has 1 N–H and O–H groups in total. The standard InChI is InChI=1S/C20H26N4O2S/c1-15(2)12-18(25)24-10-11-27-20(24)6-8-23(9-7-20)19(26)22-17-5-3-4-16(13-17)14-21/h3-5,13,15H,6-12H2,1-2H3,(H,22,26). The lowest BCUT2D eigenvalue weighted by Gasteiger charge is -2.44. The molecular weight excluding hydrogens is 360 g/mol. The Morgan fingerprint density at radius 1 is 1.30 bits per heavy atom. The Kier molecular flexibility index (Phi) is 5.95. The van der Waals surface area contributed by atoms with Crippen LogP contribution in [0, 0.1) is 17.2 Å². The van der Waals surface area contributed by atoms with Gasteiger partial charge in [-0.2, -0.15) is 5.26 Å². The summed E-state index contributed by atoms with van der Waals surface area (Å²) in [7, 11) is 0. The highest BCUT2D eigenvalue weighted by Crippen LogP contribution is 2.44. The highest BCUT2D eigenvalue weighted by Gasteiger charge is 2.46. The van der Waals surface area contributed by atoms with Crippen LogP contribution in [0.15, 0.2) is 24.3 Å². The summed E-state index contributed by atoms with van der Waals surface area (Å²) in [4.78, 5) is 28.9. The van der Waals surface area contributed by atoms with Crippen molar-refractivity contribution in [3.8, 4) is 6.07 Å². The van der Waals surface area contributed by atoms with Gasteiger partial charge in [0, 0.05) is 37.5 Å². The summed E-state index contributed by atoms with van der Waals surface area (Å²) in [5, 5.41) is 11.9. The van der Waals surface area contributed by atoms with Gasteiger partial charge in [-0.3, -0.25) is 4.79 Å². The zero-order chi connectivity index (χ0) is 19.4. The van der Waals surface area contributed by atoms with Gasteiger partial charge in [0.05, 0.1) is 16.5 Å². The maximum atomic E-state index is 12.6. The lowest BCUT2D eigenvalue weighted by atomic mass is 10.0. The minimum absolute atomic E-state index is 0.149. The molecule has 0 aliphatic carbocycles. The van der Waals surface area contributed by atoms with E-state index in [0.29, 0.717) is 36.7 Å². The molecule has 3 rings (SSSR count). The van der Waals surface area contributed by atoms with Crippen molar-refractivity contribution in [2.45, 2.75) is 38.0 Å². The van der Waals surface area contributed by atoms with Gasteiger partial charge in [0.15, 0.2) is 0 Å². The number of piperidine rings is 1. The number of thioether (sulfide) groups is 1. The van der Waals surface area contributed by atoms with Crippen LogP contribution < -0.4 is 5.32 Å². The average molecular weight is 387 g/mol. The molecule has 0 atom stereocenters. The van der Waals surface area contributed by atoms with Crippen LogP contribution in [0.1, 0.15) is 38.7 Å². The van der Waals surface area contributed by atoms with Crippen LogP contribution in [0.4, 0.5) is 10.5 Å². The zero-order valence-electron chi connectivity index (χ0n) is 15.9. The molecule has 2 aliphatic heterocycles. The van der Waals surface area contributed by atoms with Gasteiger partial charge in [-0.15, -0.1) is 11.8 Å². The Hall–Kier alpha value is -2.20. The number of rotatable bonds is 3. The molecule has 2 heterocycles. The molecule has 0 radical (unpaired) electrons. The van der Waals surface area contributed by atoms with Gasteiger partial charge >= 0.3 is 6.03 Å². The van der Waals surface area contributed by atoms with Gasteiger partial charge < -0.3 is 15.1 Å². The van der Waals surface area contributed by atoms with Crippen LogP contribution in [0.25, 0.3) is 0 Å². The Balaban J connectivity index is 1.60. The van der Waals surface area contributed by atoms with Crippen LogP contribution >= 0.6 is 11.8 Å². The quantitative estimate of drug-likeness (QED) is 0.862. The van der Waals surface area contributed by atoms with Gasteiger partial charge in [-0.25, -0.2) is 4.79 Å². The van der Waals surface area contributed by atoms with Gasteiger partial charge in [0.2, 0.25) is 5.91 Å². The number of nitrogens with one attached hydrogen (secondary N) is 1. The van der Waals surface area contributed by atoms with Crippen LogP contribution in [-0.4, -0.2) is 52.0 Å². The number of carbonyl (C=O) groups is 2. The maximum Gasteiger partial charge on any atom is 0.321 e. The predicted molar refractivity (Wildman–Crippen MR) is 107 cm³/mol.